The van der Waals surface area contributed by atoms with E-state index in [9.17, 15) is 0 Å². The smallest absolute Gasteiger partial charge is 0.000661 e. The number of nitrogens with one attached hydrogen (secondary N) is 1. The maximum Gasteiger partial charge on any atom is 0.000661 e. The average molecular weight is 226 g/mol. The van der Waals surface area contributed by atoms with Crippen LogP contribution >= 0.6 is 0 Å². The molecule has 96 valence electrons. The lowest BCUT2D eigenvalue weighted by Gasteiger charge is -2.20. The summed E-state index contributed by atoms with van der Waals surface area (Å²) in [6, 6.07) is 0. The summed E-state index contributed by atoms with van der Waals surface area (Å²) in [6.45, 7) is 9.43. The van der Waals surface area contributed by atoms with E-state index in [1.807, 2.05) is 0 Å². The zero-order chi connectivity index (χ0) is 11.8. The second kappa shape index (κ2) is 8.08. The van der Waals surface area contributed by atoms with Crippen molar-refractivity contribution < 1.29 is 0 Å². The monoisotopic (exact) mass is 226 g/mol. The summed E-state index contributed by atoms with van der Waals surface area (Å²) in [5.41, 5.74) is 0. The van der Waals surface area contributed by atoms with Crippen LogP contribution in [0.5, 0.6) is 0 Å². The Morgan fingerprint density at radius 1 is 1.25 bits per heavy atom. The van der Waals surface area contributed by atoms with E-state index in [1.54, 1.807) is 0 Å². The van der Waals surface area contributed by atoms with Crippen LogP contribution in [0.25, 0.3) is 0 Å². The average Bonchev–Trinajstić information content (AvgIpc) is 2.69. The van der Waals surface area contributed by atoms with Crippen LogP contribution in [0.2, 0.25) is 0 Å². The first kappa shape index (κ1) is 14.0. The molecule has 0 heterocycles. The Hall–Kier alpha value is -0.0800. The molecule has 1 rings (SSSR count). The standard InChI is InChI=1S/C14H30N2/c1-13(2)11-15-9-6-10-16(3)12-14-7-4-5-8-14/h13-15H,4-12H2,1-3H3. The van der Waals surface area contributed by atoms with E-state index < -0.39 is 0 Å². The molecule has 1 saturated carbocycles. The lowest BCUT2D eigenvalue weighted by molar-refractivity contribution is 0.273. The molecule has 0 unspecified atom stereocenters. The zero-order valence-electron chi connectivity index (χ0n) is 11.5. The quantitative estimate of drug-likeness (QED) is 0.640. The SMILES string of the molecule is CC(C)CNCCCN(C)CC1CCCC1. The number of hydrogen-bond donors (Lipinski definition) is 1. The van der Waals surface area contributed by atoms with Gasteiger partial charge in [-0.2, -0.15) is 0 Å². The van der Waals surface area contributed by atoms with Crippen LogP contribution in [0, 0.1) is 11.8 Å². The summed E-state index contributed by atoms with van der Waals surface area (Å²) >= 11 is 0. The van der Waals surface area contributed by atoms with E-state index in [4.69, 9.17) is 0 Å². The van der Waals surface area contributed by atoms with Gasteiger partial charge in [0.1, 0.15) is 0 Å². The molecule has 2 heteroatoms. The van der Waals surface area contributed by atoms with Gasteiger partial charge in [0.2, 0.25) is 0 Å². The van der Waals surface area contributed by atoms with Crippen LogP contribution < -0.4 is 5.32 Å². The molecular weight excluding hydrogens is 196 g/mol. The van der Waals surface area contributed by atoms with Crippen molar-refractivity contribution in [2.24, 2.45) is 11.8 Å². The predicted octanol–water partition coefficient (Wildman–Crippen LogP) is 2.74. The third-order valence-corrected chi connectivity index (χ3v) is 3.49. The minimum absolute atomic E-state index is 0.774. The van der Waals surface area contributed by atoms with Crippen molar-refractivity contribution >= 4 is 0 Å². The third-order valence-electron chi connectivity index (χ3n) is 3.49. The molecule has 1 aliphatic rings. The molecule has 0 amide bonds. The summed E-state index contributed by atoms with van der Waals surface area (Å²) in [4.78, 5) is 2.52. The van der Waals surface area contributed by atoms with Crippen molar-refractivity contribution in [1.29, 1.82) is 0 Å². The van der Waals surface area contributed by atoms with Crippen LogP contribution in [0.3, 0.4) is 0 Å². The molecule has 0 aromatic rings. The van der Waals surface area contributed by atoms with Gasteiger partial charge in [-0.3, -0.25) is 0 Å². The van der Waals surface area contributed by atoms with Crippen LogP contribution in [0.15, 0.2) is 0 Å². The second-order valence-corrected chi connectivity index (χ2v) is 5.86. The van der Waals surface area contributed by atoms with Gasteiger partial charge in [-0.25, -0.2) is 0 Å². The molecule has 0 aromatic heterocycles. The molecule has 0 saturated heterocycles. The Morgan fingerprint density at radius 3 is 2.56 bits per heavy atom. The molecule has 2 nitrogen and oxygen atoms in total. The first-order chi connectivity index (χ1) is 7.68. The van der Waals surface area contributed by atoms with Gasteiger partial charge in [0.05, 0.1) is 0 Å². The normalized spacial score (nSPS) is 17.8. The van der Waals surface area contributed by atoms with Crippen molar-refractivity contribution in [3.05, 3.63) is 0 Å². The molecule has 0 aliphatic heterocycles. The molecule has 0 spiro atoms. The van der Waals surface area contributed by atoms with Gasteiger partial charge in [0.25, 0.3) is 0 Å². The van der Waals surface area contributed by atoms with Crippen LogP contribution in [0.1, 0.15) is 46.0 Å². The number of nitrogens with zero attached hydrogens (tertiary/aromatic N) is 1. The Kier molecular flexibility index (Phi) is 7.06. The summed E-state index contributed by atoms with van der Waals surface area (Å²) in [5.74, 6) is 1.77. The van der Waals surface area contributed by atoms with Gasteiger partial charge >= 0.3 is 0 Å². The summed E-state index contributed by atoms with van der Waals surface area (Å²) in [5, 5.41) is 3.51. The lowest BCUT2D eigenvalue weighted by Crippen LogP contribution is -2.29. The highest BCUT2D eigenvalue weighted by Gasteiger charge is 2.16. The number of rotatable bonds is 8. The molecule has 0 aromatic carbocycles. The van der Waals surface area contributed by atoms with E-state index in [0.29, 0.717) is 0 Å². The Morgan fingerprint density at radius 2 is 1.94 bits per heavy atom. The topological polar surface area (TPSA) is 15.3 Å². The van der Waals surface area contributed by atoms with E-state index in [0.717, 1.165) is 18.4 Å². The molecule has 1 fully saturated rings. The lowest BCUT2D eigenvalue weighted by atomic mass is 10.1. The van der Waals surface area contributed by atoms with Gasteiger partial charge < -0.3 is 10.2 Å². The first-order valence-electron chi connectivity index (χ1n) is 7.07. The van der Waals surface area contributed by atoms with E-state index in [2.05, 4.69) is 31.1 Å². The fraction of sp³-hybridized carbons (Fsp3) is 1.00. The van der Waals surface area contributed by atoms with Gasteiger partial charge in [-0.15, -0.1) is 0 Å². The highest BCUT2D eigenvalue weighted by Crippen LogP contribution is 2.24. The van der Waals surface area contributed by atoms with Crippen molar-refractivity contribution in [2.75, 3.05) is 33.2 Å². The summed E-state index contributed by atoms with van der Waals surface area (Å²) in [6.07, 6.45) is 7.16. The van der Waals surface area contributed by atoms with E-state index in [-0.39, 0.29) is 0 Å². The Labute approximate surface area is 102 Å². The molecular formula is C14H30N2. The second-order valence-electron chi connectivity index (χ2n) is 5.86. The summed E-state index contributed by atoms with van der Waals surface area (Å²) in [7, 11) is 2.28. The molecule has 0 radical (unpaired) electrons. The minimum atomic E-state index is 0.774. The van der Waals surface area contributed by atoms with Gasteiger partial charge in [0, 0.05) is 6.54 Å². The fourth-order valence-electron chi connectivity index (χ4n) is 2.59. The molecule has 16 heavy (non-hydrogen) atoms. The van der Waals surface area contributed by atoms with Gasteiger partial charge in [-0.05, 0) is 57.8 Å². The Bertz CT molecular complexity index is 162. The first-order valence-corrected chi connectivity index (χ1v) is 7.07. The van der Waals surface area contributed by atoms with Crippen LogP contribution in [-0.4, -0.2) is 38.1 Å². The van der Waals surface area contributed by atoms with Crippen LogP contribution in [0.4, 0.5) is 0 Å². The highest BCUT2D eigenvalue weighted by atomic mass is 15.1. The zero-order valence-corrected chi connectivity index (χ0v) is 11.5. The predicted molar refractivity (Wildman–Crippen MR) is 71.8 cm³/mol. The molecule has 1 aliphatic carbocycles. The van der Waals surface area contributed by atoms with Crippen LogP contribution in [-0.2, 0) is 0 Å². The minimum Gasteiger partial charge on any atom is -0.316 e. The fourth-order valence-corrected chi connectivity index (χ4v) is 2.59. The van der Waals surface area contributed by atoms with Crippen molar-refractivity contribution in [3.63, 3.8) is 0 Å². The maximum atomic E-state index is 3.51. The van der Waals surface area contributed by atoms with E-state index >= 15 is 0 Å². The van der Waals surface area contributed by atoms with Crippen molar-refractivity contribution in [3.8, 4) is 0 Å². The van der Waals surface area contributed by atoms with Gasteiger partial charge in [0.15, 0.2) is 0 Å². The number of hydrogen-bond acceptors (Lipinski definition) is 2. The highest BCUT2D eigenvalue weighted by molar-refractivity contribution is 4.70. The summed E-state index contributed by atoms with van der Waals surface area (Å²) < 4.78 is 0. The molecule has 1 N–H and O–H groups in total. The maximum absolute atomic E-state index is 3.51. The van der Waals surface area contributed by atoms with E-state index in [1.165, 1.54) is 51.7 Å². The van der Waals surface area contributed by atoms with Gasteiger partial charge in [-0.1, -0.05) is 26.7 Å². The Balaban J connectivity index is 1.91. The molecule has 0 atom stereocenters. The van der Waals surface area contributed by atoms with Crippen molar-refractivity contribution in [2.45, 2.75) is 46.0 Å². The van der Waals surface area contributed by atoms with Crippen molar-refractivity contribution in [1.82, 2.24) is 10.2 Å². The third kappa shape index (κ3) is 6.49. The largest absolute Gasteiger partial charge is 0.316 e. The molecule has 0 bridgehead atoms.